The fourth-order valence-electron chi connectivity index (χ4n) is 1.14. The molecule has 2 unspecified atom stereocenters. The van der Waals surface area contributed by atoms with E-state index in [1.54, 1.807) is 13.8 Å². The predicted molar refractivity (Wildman–Crippen MR) is 56.6 cm³/mol. The summed E-state index contributed by atoms with van der Waals surface area (Å²) in [5.74, 6) is -3.55. The molecule has 0 radical (unpaired) electrons. The van der Waals surface area contributed by atoms with Gasteiger partial charge in [0.25, 0.3) is 0 Å². The molecule has 5 nitrogen and oxygen atoms in total. The van der Waals surface area contributed by atoms with E-state index in [0.29, 0.717) is 0 Å². The Morgan fingerprint density at radius 1 is 0.875 bits per heavy atom. The van der Waals surface area contributed by atoms with E-state index in [9.17, 15) is 14.4 Å². The van der Waals surface area contributed by atoms with Crippen LogP contribution in [-0.4, -0.2) is 30.9 Å². The predicted octanol–water partition coefficient (Wildman–Crippen LogP) is 0.954. The van der Waals surface area contributed by atoms with Gasteiger partial charge in [0.05, 0.1) is 13.2 Å². The fourth-order valence-corrected chi connectivity index (χ4v) is 1.14. The number of carbonyl (C=O) groups is 3. The highest BCUT2D eigenvalue weighted by Crippen LogP contribution is 2.10. The van der Waals surface area contributed by atoms with Crippen molar-refractivity contribution in [1.29, 1.82) is 0 Å². The lowest BCUT2D eigenvalue weighted by Crippen LogP contribution is -2.32. The van der Waals surface area contributed by atoms with E-state index in [1.807, 2.05) is 0 Å². The quantitative estimate of drug-likeness (QED) is 0.502. The van der Waals surface area contributed by atoms with Gasteiger partial charge >= 0.3 is 11.9 Å². The van der Waals surface area contributed by atoms with Gasteiger partial charge < -0.3 is 9.47 Å². The molecule has 0 aromatic rings. The minimum atomic E-state index is -0.931. The Kier molecular flexibility index (Phi) is 6.37. The molecule has 5 heteroatoms. The van der Waals surface area contributed by atoms with E-state index >= 15 is 0 Å². The molecule has 0 N–H and O–H groups in total. The standard InChI is InChI=1S/C11H18O5/c1-5-15-10(13)7(3)9(12)8(4)11(14)16-6-2/h7-8H,5-6H2,1-4H3. The molecule has 0 aromatic heterocycles. The van der Waals surface area contributed by atoms with Crippen molar-refractivity contribution < 1.29 is 23.9 Å². The molecule has 0 aromatic carbocycles. The first kappa shape index (κ1) is 14.6. The molecule has 16 heavy (non-hydrogen) atoms. The van der Waals surface area contributed by atoms with Crippen molar-refractivity contribution in [2.45, 2.75) is 27.7 Å². The summed E-state index contributed by atoms with van der Waals surface area (Å²) in [6.07, 6.45) is 0. The summed E-state index contributed by atoms with van der Waals surface area (Å²) >= 11 is 0. The molecule has 0 bridgehead atoms. The highest BCUT2D eigenvalue weighted by Gasteiger charge is 2.31. The second kappa shape index (κ2) is 6.98. The Morgan fingerprint density at radius 2 is 1.19 bits per heavy atom. The van der Waals surface area contributed by atoms with Gasteiger partial charge in [0.2, 0.25) is 0 Å². The van der Waals surface area contributed by atoms with Gasteiger partial charge in [-0.1, -0.05) is 0 Å². The van der Waals surface area contributed by atoms with Gasteiger partial charge in [0.15, 0.2) is 5.78 Å². The fraction of sp³-hybridized carbons (Fsp3) is 0.727. The van der Waals surface area contributed by atoms with E-state index in [2.05, 4.69) is 0 Å². The largest absolute Gasteiger partial charge is 0.465 e. The topological polar surface area (TPSA) is 69.7 Å². The summed E-state index contributed by atoms with van der Waals surface area (Å²) in [6.45, 7) is 6.59. The van der Waals surface area contributed by atoms with E-state index in [1.165, 1.54) is 13.8 Å². The van der Waals surface area contributed by atoms with Crippen LogP contribution in [0.5, 0.6) is 0 Å². The van der Waals surface area contributed by atoms with Gasteiger partial charge in [-0.05, 0) is 27.7 Å². The van der Waals surface area contributed by atoms with Crippen molar-refractivity contribution in [3.63, 3.8) is 0 Å². The molecular formula is C11H18O5. The minimum absolute atomic E-state index is 0.213. The summed E-state index contributed by atoms with van der Waals surface area (Å²) in [7, 11) is 0. The third kappa shape index (κ3) is 4.00. The molecule has 2 atom stereocenters. The van der Waals surface area contributed by atoms with Crippen LogP contribution in [0, 0.1) is 11.8 Å². The van der Waals surface area contributed by atoms with E-state index in [0.717, 1.165) is 0 Å². The first-order valence-electron chi connectivity index (χ1n) is 5.32. The Labute approximate surface area is 95.1 Å². The molecule has 0 saturated carbocycles. The number of hydrogen-bond donors (Lipinski definition) is 0. The van der Waals surface area contributed by atoms with Gasteiger partial charge in [-0.2, -0.15) is 0 Å². The summed E-state index contributed by atoms with van der Waals surface area (Å²) in [6, 6.07) is 0. The second-order valence-corrected chi connectivity index (χ2v) is 3.35. The van der Waals surface area contributed by atoms with Crippen molar-refractivity contribution in [3.05, 3.63) is 0 Å². The first-order chi connectivity index (χ1) is 7.45. The van der Waals surface area contributed by atoms with Crippen molar-refractivity contribution in [3.8, 4) is 0 Å². The molecule has 0 saturated heterocycles. The molecule has 0 aliphatic rings. The molecule has 0 amide bonds. The Balaban J connectivity index is 4.42. The molecular weight excluding hydrogens is 212 g/mol. The molecule has 0 aliphatic heterocycles. The third-order valence-corrected chi connectivity index (χ3v) is 2.13. The van der Waals surface area contributed by atoms with Crippen LogP contribution in [0.1, 0.15) is 27.7 Å². The summed E-state index contributed by atoms with van der Waals surface area (Å²) in [5.41, 5.74) is 0. The van der Waals surface area contributed by atoms with Crippen molar-refractivity contribution in [2.24, 2.45) is 11.8 Å². The van der Waals surface area contributed by atoms with Crippen LogP contribution < -0.4 is 0 Å². The van der Waals surface area contributed by atoms with Crippen molar-refractivity contribution >= 4 is 17.7 Å². The summed E-state index contributed by atoms with van der Waals surface area (Å²) < 4.78 is 9.41. The van der Waals surface area contributed by atoms with Crippen LogP contribution >= 0.6 is 0 Å². The lowest BCUT2D eigenvalue weighted by atomic mass is 9.95. The zero-order valence-electron chi connectivity index (χ0n) is 10.1. The van der Waals surface area contributed by atoms with E-state index in [4.69, 9.17) is 9.47 Å². The third-order valence-electron chi connectivity index (χ3n) is 2.13. The smallest absolute Gasteiger partial charge is 0.316 e. The van der Waals surface area contributed by atoms with Crippen LogP contribution in [0.3, 0.4) is 0 Å². The normalized spacial score (nSPS) is 13.8. The maximum atomic E-state index is 11.7. The van der Waals surface area contributed by atoms with Crippen LogP contribution in [-0.2, 0) is 23.9 Å². The highest BCUT2D eigenvalue weighted by molar-refractivity contribution is 6.07. The summed E-state index contributed by atoms with van der Waals surface area (Å²) in [4.78, 5) is 34.2. The van der Waals surface area contributed by atoms with Gasteiger partial charge in [0, 0.05) is 0 Å². The first-order valence-corrected chi connectivity index (χ1v) is 5.32. The molecule has 0 fully saturated rings. The number of ether oxygens (including phenoxy) is 2. The number of hydrogen-bond acceptors (Lipinski definition) is 5. The zero-order chi connectivity index (χ0) is 12.7. The number of ketones is 1. The van der Waals surface area contributed by atoms with Crippen molar-refractivity contribution in [1.82, 2.24) is 0 Å². The highest BCUT2D eigenvalue weighted by atomic mass is 16.5. The average molecular weight is 230 g/mol. The lowest BCUT2D eigenvalue weighted by Gasteiger charge is -2.13. The maximum absolute atomic E-state index is 11.7. The second-order valence-electron chi connectivity index (χ2n) is 3.35. The number of esters is 2. The number of Topliss-reactive ketones (excluding diaryl/α,β-unsaturated/α-hetero) is 1. The number of carbonyl (C=O) groups excluding carboxylic acids is 3. The van der Waals surface area contributed by atoms with Gasteiger partial charge in [-0.15, -0.1) is 0 Å². The van der Waals surface area contributed by atoms with Gasteiger partial charge in [0.1, 0.15) is 11.8 Å². The maximum Gasteiger partial charge on any atom is 0.316 e. The number of rotatable bonds is 6. The van der Waals surface area contributed by atoms with Gasteiger partial charge in [-0.25, -0.2) is 0 Å². The molecule has 0 rings (SSSR count). The van der Waals surface area contributed by atoms with Gasteiger partial charge in [-0.3, -0.25) is 14.4 Å². The Morgan fingerprint density at radius 3 is 1.44 bits per heavy atom. The molecule has 0 aliphatic carbocycles. The van der Waals surface area contributed by atoms with Crippen LogP contribution in [0.4, 0.5) is 0 Å². The van der Waals surface area contributed by atoms with Crippen LogP contribution in [0.25, 0.3) is 0 Å². The monoisotopic (exact) mass is 230 g/mol. The Hall–Kier alpha value is -1.39. The summed E-state index contributed by atoms with van der Waals surface area (Å²) in [5, 5.41) is 0. The van der Waals surface area contributed by atoms with Crippen LogP contribution in [0.15, 0.2) is 0 Å². The SMILES string of the molecule is CCOC(=O)C(C)C(=O)C(C)C(=O)OCC. The van der Waals surface area contributed by atoms with Crippen molar-refractivity contribution in [2.75, 3.05) is 13.2 Å². The molecule has 92 valence electrons. The van der Waals surface area contributed by atoms with E-state index < -0.39 is 29.6 Å². The minimum Gasteiger partial charge on any atom is -0.465 e. The molecule has 0 heterocycles. The average Bonchev–Trinajstić information content (AvgIpc) is 2.26. The van der Waals surface area contributed by atoms with E-state index in [-0.39, 0.29) is 13.2 Å². The van der Waals surface area contributed by atoms with Crippen LogP contribution in [0.2, 0.25) is 0 Å². The molecule has 0 spiro atoms. The Bertz CT molecular complexity index is 246. The zero-order valence-corrected chi connectivity index (χ0v) is 10.1. The lowest BCUT2D eigenvalue weighted by molar-refractivity contribution is -0.156.